The molecular formula is C9H14F3NO4. The molecule has 0 aliphatic carbocycles. The number of carbonyl (C=O) groups is 2. The average Bonchev–Trinajstić information content (AvgIpc) is 2.09. The fraction of sp³-hybridized carbons (Fsp3) is 0.778. The second-order valence-electron chi connectivity index (χ2n) is 3.58. The molecular weight excluding hydrogens is 243 g/mol. The number of ether oxygens (including phenoxy) is 2. The molecule has 0 aromatic carbocycles. The summed E-state index contributed by atoms with van der Waals surface area (Å²) < 4.78 is 45.7. The van der Waals surface area contributed by atoms with Crippen molar-refractivity contribution in [3.63, 3.8) is 0 Å². The van der Waals surface area contributed by atoms with E-state index in [4.69, 9.17) is 5.73 Å². The summed E-state index contributed by atoms with van der Waals surface area (Å²) in [5, 5.41) is 0. The first-order valence-electron chi connectivity index (χ1n) is 4.75. The van der Waals surface area contributed by atoms with Crippen molar-refractivity contribution in [1.82, 2.24) is 0 Å². The van der Waals surface area contributed by atoms with Crippen molar-refractivity contribution in [2.24, 2.45) is 5.73 Å². The van der Waals surface area contributed by atoms with E-state index in [9.17, 15) is 22.8 Å². The molecule has 8 heteroatoms. The summed E-state index contributed by atoms with van der Waals surface area (Å²) >= 11 is 0. The Morgan fingerprint density at radius 3 is 1.94 bits per heavy atom. The van der Waals surface area contributed by atoms with Crippen LogP contribution in [0.4, 0.5) is 13.2 Å². The third-order valence-electron chi connectivity index (χ3n) is 1.58. The van der Waals surface area contributed by atoms with E-state index in [1.54, 1.807) is 0 Å². The highest BCUT2D eigenvalue weighted by Gasteiger charge is 2.48. The molecule has 0 fully saturated rings. The Morgan fingerprint density at radius 2 is 1.65 bits per heavy atom. The molecule has 0 amide bonds. The highest BCUT2D eigenvalue weighted by molar-refractivity contribution is 5.79. The highest BCUT2D eigenvalue weighted by Crippen LogP contribution is 2.23. The van der Waals surface area contributed by atoms with Gasteiger partial charge in [-0.1, -0.05) is 0 Å². The van der Waals surface area contributed by atoms with Crippen LogP contribution in [0.1, 0.15) is 20.8 Å². The molecule has 17 heavy (non-hydrogen) atoms. The maximum Gasteiger partial charge on any atom is 0.407 e. The molecule has 0 radical (unpaired) electrons. The van der Waals surface area contributed by atoms with Crippen molar-refractivity contribution in [1.29, 1.82) is 0 Å². The SMILES string of the molecule is CC(=O)O[C@H](C(=O)OC(C)C)[C@H](N)C(F)(F)F. The van der Waals surface area contributed by atoms with Crippen LogP contribution in [0, 0.1) is 0 Å². The van der Waals surface area contributed by atoms with E-state index in [0.717, 1.165) is 6.92 Å². The van der Waals surface area contributed by atoms with E-state index in [0.29, 0.717) is 0 Å². The van der Waals surface area contributed by atoms with Gasteiger partial charge in [0.2, 0.25) is 6.10 Å². The maximum atomic E-state index is 12.3. The molecule has 0 saturated heterocycles. The molecule has 0 bridgehead atoms. The first-order chi connectivity index (χ1) is 7.55. The molecule has 0 aliphatic heterocycles. The lowest BCUT2D eigenvalue weighted by molar-refractivity contribution is -0.197. The number of esters is 2. The summed E-state index contributed by atoms with van der Waals surface area (Å²) in [6, 6.07) is -2.61. The lowest BCUT2D eigenvalue weighted by Crippen LogP contribution is -2.53. The van der Waals surface area contributed by atoms with Crippen LogP contribution >= 0.6 is 0 Å². The molecule has 0 unspecified atom stereocenters. The normalized spacial score (nSPS) is 15.3. The third kappa shape index (κ3) is 5.53. The van der Waals surface area contributed by atoms with Gasteiger partial charge in [0.25, 0.3) is 0 Å². The van der Waals surface area contributed by atoms with E-state index in [1.165, 1.54) is 13.8 Å². The van der Waals surface area contributed by atoms with Crippen LogP contribution in [0.25, 0.3) is 0 Å². The molecule has 0 spiro atoms. The molecule has 0 aliphatic rings. The minimum atomic E-state index is -4.86. The standard InChI is InChI=1S/C9H14F3NO4/c1-4(2)16-8(15)6(17-5(3)14)7(13)9(10,11)12/h4,6-7H,13H2,1-3H3/t6-,7-/m0/s1. The predicted molar refractivity (Wildman–Crippen MR) is 50.8 cm³/mol. The highest BCUT2D eigenvalue weighted by atomic mass is 19.4. The van der Waals surface area contributed by atoms with Crippen LogP contribution in [0.5, 0.6) is 0 Å². The van der Waals surface area contributed by atoms with Gasteiger partial charge in [-0.05, 0) is 13.8 Å². The van der Waals surface area contributed by atoms with Gasteiger partial charge < -0.3 is 15.2 Å². The topological polar surface area (TPSA) is 78.6 Å². The quantitative estimate of drug-likeness (QED) is 0.752. The Labute approximate surface area is 96.0 Å². The van der Waals surface area contributed by atoms with E-state index in [1.807, 2.05) is 0 Å². The summed E-state index contributed by atoms with van der Waals surface area (Å²) in [5.74, 6) is -2.37. The smallest absolute Gasteiger partial charge is 0.407 e. The lowest BCUT2D eigenvalue weighted by Gasteiger charge is -2.24. The van der Waals surface area contributed by atoms with Crippen LogP contribution in [0.2, 0.25) is 0 Å². The van der Waals surface area contributed by atoms with Gasteiger partial charge in [-0.15, -0.1) is 0 Å². The number of alkyl halides is 3. The first kappa shape index (κ1) is 15.7. The van der Waals surface area contributed by atoms with Crippen molar-refractivity contribution in [3.8, 4) is 0 Å². The third-order valence-corrected chi connectivity index (χ3v) is 1.58. The predicted octanol–water partition coefficient (Wildman–Crippen LogP) is 0.759. The van der Waals surface area contributed by atoms with Gasteiger partial charge in [0.05, 0.1) is 6.10 Å². The second kappa shape index (κ2) is 5.85. The minimum absolute atomic E-state index is 0.638. The molecule has 5 nitrogen and oxygen atoms in total. The largest absolute Gasteiger partial charge is 0.460 e. The number of carbonyl (C=O) groups excluding carboxylic acids is 2. The van der Waals surface area contributed by atoms with Gasteiger partial charge >= 0.3 is 18.1 Å². The molecule has 0 rings (SSSR count). The van der Waals surface area contributed by atoms with Crippen molar-refractivity contribution in [2.45, 2.75) is 45.2 Å². The Balaban J connectivity index is 4.87. The maximum absolute atomic E-state index is 12.3. The zero-order valence-corrected chi connectivity index (χ0v) is 9.58. The van der Waals surface area contributed by atoms with Gasteiger partial charge in [-0.25, -0.2) is 4.79 Å². The number of nitrogens with two attached hydrogens (primary N) is 1. The summed E-state index contributed by atoms with van der Waals surface area (Å²) in [6.45, 7) is 3.77. The van der Waals surface area contributed by atoms with Crippen molar-refractivity contribution in [3.05, 3.63) is 0 Å². The summed E-state index contributed by atoms with van der Waals surface area (Å²) in [5.41, 5.74) is 4.82. The van der Waals surface area contributed by atoms with E-state index in [2.05, 4.69) is 9.47 Å². The van der Waals surface area contributed by atoms with Gasteiger partial charge in [0.15, 0.2) is 0 Å². The number of halogens is 3. The first-order valence-corrected chi connectivity index (χ1v) is 4.75. The Kier molecular flexibility index (Phi) is 5.40. The second-order valence-corrected chi connectivity index (χ2v) is 3.58. The summed E-state index contributed by atoms with van der Waals surface area (Å²) in [4.78, 5) is 21.9. The van der Waals surface area contributed by atoms with Crippen LogP contribution in [-0.4, -0.2) is 36.4 Å². The van der Waals surface area contributed by atoms with E-state index >= 15 is 0 Å². The van der Waals surface area contributed by atoms with Crippen LogP contribution < -0.4 is 5.73 Å². The van der Waals surface area contributed by atoms with E-state index < -0.39 is 36.4 Å². The average molecular weight is 257 g/mol. The monoisotopic (exact) mass is 257 g/mol. The number of hydrogen-bond donors (Lipinski definition) is 1. The van der Waals surface area contributed by atoms with Gasteiger partial charge in [0, 0.05) is 6.92 Å². The van der Waals surface area contributed by atoms with Gasteiger partial charge in [-0.3, -0.25) is 4.79 Å². The van der Waals surface area contributed by atoms with Crippen LogP contribution in [-0.2, 0) is 19.1 Å². The zero-order valence-electron chi connectivity index (χ0n) is 9.58. The Bertz CT molecular complexity index is 290. The number of rotatable bonds is 4. The minimum Gasteiger partial charge on any atom is -0.460 e. The van der Waals surface area contributed by atoms with Crippen molar-refractivity contribution >= 4 is 11.9 Å². The molecule has 2 N–H and O–H groups in total. The van der Waals surface area contributed by atoms with E-state index in [-0.39, 0.29) is 0 Å². The van der Waals surface area contributed by atoms with Gasteiger partial charge in [0.1, 0.15) is 6.04 Å². The zero-order chi connectivity index (χ0) is 13.8. The molecule has 0 aromatic heterocycles. The molecule has 0 saturated carbocycles. The molecule has 2 atom stereocenters. The molecule has 100 valence electrons. The Morgan fingerprint density at radius 1 is 1.18 bits per heavy atom. The Hall–Kier alpha value is -1.31. The van der Waals surface area contributed by atoms with Crippen LogP contribution in [0.15, 0.2) is 0 Å². The summed E-state index contributed by atoms with van der Waals surface area (Å²) in [6.07, 6.45) is -7.69. The number of hydrogen-bond acceptors (Lipinski definition) is 5. The lowest BCUT2D eigenvalue weighted by atomic mass is 10.1. The van der Waals surface area contributed by atoms with Crippen molar-refractivity contribution < 1.29 is 32.2 Å². The van der Waals surface area contributed by atoms with Crippen molar-refractivity contribution in [2.75, 3.05) is 0 Å². The fourth-order valence-electron chi connectivity index (χ4n) is 0.918. The molecule has 0 heterocycles. The molecule has 0 aromatic rings. The van der Waals surface area contributed by atoms with Gasteiger partial charge in [-0.2, -0.15) is 13.2 Å². The summed E-state index contributed by atoms with van der Waals surface area (Å²) in [7, 11) is 0. The fourth-order valence-corrected chi connectivity index (χ4v) is 0.918. The van der Waals surface area contributed by atoms with Crippen LogP contribution in [0.3, 0.4) is 0 Å².